The number of anilines is 1. The molecule has 14 heavy (non-hydrogen) atoms. The molecule has 0 radical (unpaired) electrons. The molecule has 0 bridgehead atoms. The Labute approximate surface area is 90.5 Å². The largest absolute Gasteiger partial charge is 0.359 e. The monoisotopic (exact) mass is 207 g/mol. The normalized spacial score (nSPS) is 18.4. The lowest BCUT2D eigenvalue weighted by atomic mass is 10.1. The lowest BCUT2D eigenvalue weighted by Crippen LogP contribution is -2.39. The van der Waals surface area contributed by atoms with Gasteiger partial charge in [-0.05, 0) is 25.0 Å². The van der Waals surface area contributed by atoms with Gasteiger partial charge in [-0.2, -0.15) is 0 Å². The van der Waals surface area contributed by atoms with Gasteiger partial charge in [0.05, 0.1) is 10.6 Å². The Morgan fingerprint density at radius 3 is 2.43 bits per heavy atom. The van der Waals surface area contributed by atoms with E-state index >= 15 is 0 Å². The molecule has 1 heterocycles. The number of para-hydroxylation sites is 1. The maximum Gasteiger partial charge on any atom is 0.0898 e. The van der Waals surface area contributed by atoms with E-state index in [2.05, 4.69) is 50.1 Å². The molecule has 0 aromatic heterocycles. The van der Waals surface area contributed by atoms with Crippen molar-refractivity contribution >= 4 is 17.4 Å². The molecule has 2 heteroatoms. The van der Waals surface area contributed by atoms with Gasteiger partial charge < -0.3 is 4.90 Å². The molecular formula is C12H17NS. The predicted octanol–water partition coefficient (Wildman–Crippen LogP) is 3.74. The molecule has 2 rings (SSSR count). The lowest BCUT2D eigenvalue weighted by molar-refractivity contribution is 0.547. The Bertz CT molecular complexity index is 331. The zero-order valence-corrected chi connectivity index (χ0v) is 9.90. The number of benzene rings is 1. The molecule has 0 saturated carbocycles. The van der Waals surface area contributed by atoms with Crippen LogP contribution in [0.2, 0.25) is 0 Å². The highest BCUT2D eigenvalue weighted by molar-refractivity contribution is 8.01. The maximum atomic E-state index is 2.44. The molecule has 0 fully saturated rings. The van der Waals surface area contributed by atoms with Gasteiger partial charge >= 0.3 is 0 Å². The van der Waals surface area contributed by atoms with E-state index in [-0.39, 0.29) is 0 Å². The minimum Gasteiger partial charge on any atom is -0.359 e. The average molecular weight is 207 g/mol. The predicted molar refractivity (Wildman–Crippen MR) is 64.0 cm³/mol. The van der Waals surface area contributed by atoms with Gasteiger partial charge in [-0.3, -0.25) is 0 Å². The van der Waals surface area contributed by atoms with E-state index in [0.717, 1.165) is 0 Å². The van der Waals surface area contributed by atoms with E-state index in [0.29, 0.717) is 4.87 Å². The molecule has 76 valence electrons. The molecule has 1 aromatic rings. The van der Waals surface area contributed by atoms with Crippen molar-refractivity contribution in [2.24, 2.45) is 0 Å². The van der Waals surface area contributed by atoms with Crippen molar-refractivity contribution in [1.82, 2.24) is 0 Å². The smallest absolute Gasteiger partial charge is 0.0898 e. The van der Waals surface area contributed by atoms with Crippen molar-refractivity contribution < 1.29 is 0 Å². The van der Waals surface area contributed by atoms with Crippen LogP contribution in [0.3, 0.4) is 0 Å². The van der Waals surface area contributed by atoms with Crippen LogP contribution in [0.1, 0.15) is 26.7 Å². The summed E-state index contributed by atoms with van der Waals surface area (Å²) in [6.45, 7) is 4.55. The van der Waals surface area contributed by atoms with Crippen LogP contribution in [0.4, 0.5) is 5.69 Å². The summed E-state index contributed by atoms with van der Waals surface area (Å²) < 4.78 is 0. The van der Waals surface area contributed by atoms with Crippen molar-refractivity contribution in [3.05, 3.63) is 24.3 Å². The van der Waals surface area contributed by atoms with Crippen LogP contribution in [0.5, 0.6) is 0 Å². The summed E-state index contributed by atoms with van der Waals surface area (Å²) in [6.07, 6.45) is 2.39. The topological polar surface area (TPSA) is 3.24 Å². The molecule has 1 aliphatic rings. The van der Waals surface area contributed by atoms with E-state index in [1.807, 2.05) is 11.8 Å². The van der Waals surface area contributed by atoms with Crippen LogP contribution in [-0.4, -0.2) is 11.9 Å². The molecule has 1 aromatic carbocycles. The fraction of sp³-hybridized carbons (Fsp3) is 0.500. The summed E-state index contributed by atoms with van der Waals surface area (Å²) in [5.74, 6) is 0. The first kappa shape index (κ1) is 9.91. The fourth-order valence-electron chi connectivity index (χ4n) is 2.18. The van der Waals surface area contributed by atoms with Gasteiger partial charge in [0.25, 0.3) is 0 Å². The summed E-state index contributed by atoms with van der Waals surface area (Å²) in [6, 6.07) is 8.69. The second-order valence-corrected chi connectivity index (χ2v) is 5.19. The maximum absolute atomic E-state index is 2.44. The Morgan fingerprint density at radius 1 is 1.21 bits per heavy atom. The second-order valence-electron chi connectivity index (χ2n) is 3.78. The summed E-state index contributed by atoms with van der Waals surface area (Å²) in [7, 11) is 2.21. The number of hydrogen-bond acceptors (Lipinski definition) is 2. The first-order valence-electron chi connectivity index (χ1n) is 5.25. The van der Waals surface area contributed by atoms with E-state index in [9.17, 15) is 0 Å². The van der Waals surface area contributed by atoms with Crippen molar-refractivity contribution in [2.45, 2.75) is 36.5 Å². The molecule has 1 aliphatic heterocycles. The van der Waals surface area contributed by atoms with E-state index in [4.69, 9.17) is 0 Å². The molecule has 0 atom stereocenters. The number of rotatable bonds is 2. The Balaban J connectivity index is 2.42. The molecular weight excluding hydrogens is 190 g/mol. The minimum absolute atomic E-state index is 0.295. The number of nitrogens with zero attached hydrogens (tertiary/aromatic N) is 1. The van der Waals surface area contributed by atoms with Gasteiger partial charge in [0.1, 0.15) is 0 Å². The third-order valence-corrected chi connectivity index (χ3v) is 5.04. The second kappa shape index (κ2) is 3.50. The molecule has 0 aliphatic carbocycles. The summed E-state index contributed by atoms with van der Waals surface area (Å²) in [5.41, 5.74) is 1.39. The molecule has 0 N–H and O–H groups in total. The zero-order valence-electron chi connectivity index (χ0n) is 9.08. The summed E-state index contributed by atoms with van der Waals surface area (Å²) in [5, 5.41) is 0. The van der Waals surface area contributed by atoms with Crippen LogP contribution in [0.15, 0.2) is 29.2 Å². The Kier molecular flexibility index (Phi) is 2.48. The van der Waals surface area contributed by atoms with Crippen molar-refractivity contribution in [2.75, 3.05) is 11.9 Å². The van der Waals surface area contributed by atoms with Gasteiger partial charge in [0.2, 0.25) is 0 Å². The standard InChI is InChI=1S/C12H17NS/c1-4-12(5-2)13(3)10-8-6-7-9-11(10)14-12/h6-9H,4-5H2,1-3H3. The third-order valence-electron chi connectivity index (χ3n) is 3.24. The number of thioether (sulfide) groups is 1. The van der Waals surface area contributed by atoms with Crippen LogP contribution < -0.4 is 4.90 Å². The quantitative estimate of drug-likeness (QED) is 0.726. The van der Waals surface area contributed by atoms with Gasteiger partial charge in [-0.15, -0.1) is 0 Å². The average Bonchev–Trinajstić information content (AvgIpc) is 2.53. The third kappa shape index (κ3) is 1.24. The fourth-order valence-corrected chi connectivity index (χ4v) is 3.57. The molecule has 0 unspecified atom stereocenters. The highest BCUT2D eigenvalue weighted by Crippen LogP contribution is 2.52. The summed E-state index contributed by atoms with van der Waals surface area (Å²) in [4.78, 5) is 4.16. The minimum atomic E-state index is 0.295. The van der Waals surface area contributed by atoms with Gasteiger partial charge in [-0.25, -0.2) is 0 Å². The summed E-state index contributed by atoms with van der Waals surface area (Å²) >= 11 is 2.02. The van der Waals surface area contributed by atoms with E-state index in [1.54, 1.807) is 0 Å². The number of hydrogen-bond donors (Lipinski definition) is 0. The highest BCUT2D eigenvalue weighted by atomic mass is 32.2. The number of fused-ring (bicyclic) bond motifs is 1. The van der Waals surface area contributed by atoms with Gasteiger partial charge in [0.15, 0.2) is 0 Å². The molecule has 0 spiro atoms. The van der Waals surface area contributed by atoms with Crippen LogP contribution in [0.25, 0.3) is 0 Å². The lowest BCUT2D eigenvalue weighted by Gasteiger charge is -2.35. The molecule has 0 saturated heterocycles. The molecule has 0 amide bonds. The first-order chi connectivity index (χ1) is 6.73. The first-order valence-corrected chi connectivity index (χ1v) is 6.07. The van der Waals surface area contributed by atoms with Crippen LogP contribution >= 0.6 is 11.8 Å². The van der Waals surface area contributed by atoms with E-state index < -0.39 is 0 Å². The van der Waals surface area contributed by atoms with Crippen molar-refractivity contribution in [1.29, 1.82) is 0 Å². The Hall–Kier alpha value is -0.630. The van der Waals surface area contributed by atoms with Gasteiger partial charge in [0, 0.05) is 11.9 Å². The van der Waals surface area contributed by atoms with E-state index in [1.165, 1.54) is 23.4 Å². The van der Waals surface area contributed by atoms with Crippen molar-refractivity contribution in [3.63, 3.8) is 0 Å². The highest BCUT2D eigenvalue weighted by Gasteiger charge is 2.39. The van der Waals surface area contributed by atoms with Gasteiger partial charge in [-0.1, -0.05) is 37.7 Å². The van der Waals surface area contributed by atoms with Crippen LogP contribution in [-0.2, 0) is 0 Å². The zero-order chi connectivity index (χ0) is 10.2. The molecule has 1 nitrogen and oxygen atoms in total. The van der Waals surface area contributed by atoms with Crippen molar-refractivity contribution in [3.8, 4) is 0 Å². The van der Waals surface area contributed by atoms with Crippen LogP contribution in [0, 0.1) is 0 Å². The Morgan fingerprint density at radius 2 is 1.86 bits per heavy atom. The SMILES string of the molecule is CCC1(CC)Sc2ccccc2N1C.